The summed E-state index contributed by atoms with van der Waals surface area (Å²) >= 11 is 0. The lowest BCUT2D eigenvalue weighted by atomic mass is 10.3. The van der Waals surface area contributed by atoms with Crippen molar-refractivity contribution in [1.82, 2.24) is 15.5 Å². The Balaban J connectivity index is 1.66. The maximum atomic E-state index is 5.49. The van der Waals surface area contributed by atoms with Gasteiger partial charge >= 0.3 is 0 Å². The van der Waals surface area contributed by atoms with Crippen LogP contribution in [0, 0.1) is 0 Å². The van der Waals surface area contributed by atoms with Crippen molar-refractivity contribution in [3.8, 4) is 0 Å². The number of hydrogen-bond acceptors (Lipinski definition) is 6. The van der Waals surface area contributed by atoms with Crippen molar-refractivity contribution in [3.05, 3.63) is 11.8 Å². The Morgan fingerprint density at radius 1 is 1.44 bits per heavy atom. The van der Waals surface area contributed by atoms with Crippen molar-refractivity contribution in [2.75, 3.05) is 26.3 Å². The number of aryl methyl sites for hydroxylation is 1. The molecule has 6 heteroatoms. The molecular weight excluding hydrogens is 210 g/mol. The summed E-state index contributed by atoms with van der Waals surface area (Å²) in [7, 11) is 0. The molecule has 0 radical (unpaired) electrons. The molecule has 1 atom stereocenters. The van der Waals surface area contributed by atoms with E-state index >= 15 is 0 Å². The highest BCUT2D eigenvalue weighted by Gasteiger charge is 2.13. The second-order valence-corrected chi connectivity index (χ2v) is 3.66. The third-order valence-corrected chi connectivity index (χ3v) is 2.34. The SMILES string of the molecule is CCc1nnc(COCC2CNCCO2)o1. The van der Waals surface area contributed by atoms with Crippen LogP contribution in [0.2, 0.25) is 0 Å². The molecule has 16 heavy (non-hydrogen) atoms. The minimum Gasteiger partial charge on any atom is -0.423 e. The van der Waals surface area contributed by atoms with E-state index in [-0.39, 0.29) is 6.10 Å². The Morgan fingerprint density at radius 2 is 2.31 bits per heavy atom. The first kappa shape index (κ1) is 11.5. The fourth-order valence-electron chi connectivity index (χ4n) is 1.49. The van der Waals surface area contributed by atoms with E-state index in [1.165, 1.54) is 0 Å². The molecule has 1 N–H and O–H groups in total. The Hall–Kier alpha value is -0.980. The molecule has 0 bridgehead atoms. The number of aromatic nitrogens is 2. The third-order valence-electron chi connectivity index (χ3n) is 2.34. The lowest BCUT2D eigenvalue weighted by Crippen LogP contribution is -2.40. The predicted molar refractivity (Wildman–Crippen MR) is 55.9 cm³/mol. The molecule has 1 aliphatic heterocycles. The molecule has 0 saturated carbocycles. The maximum Gasteiger partial charge on any atom is 0.242 e. The second-order valence-electron chi connectivity index (χ2n) is 3.66. The van der Waals surface area contributed by atoms with Crippen LogP contribution in [0.25, 0.3) is 0 Å². The van der Waals surface area contributed by atoms with Gasteiger partial charge in [-0.15, -0.1) is 10.2 Å². The van der Waals surface area contributed by atoms with E-state index in [4.69, 9.17) is 13.9 Å². The summed E-state index contributed by atoms with van der Waals surface area (Å²) in [6, 6.07) is 0. The van der Waals surface area contributed by atoms with Gasteiger partial charge < -0.3 is 19.2 Å². The second kappa shape index (κ2) is 5.93. The number of nitrogens with zero attached hydrogens (tertiary/aromatic N) is 2. The van der Waals surface area contributed by atoms with Gasteiger partial charge in [-0.3, -0.25) is 0 Å². The van der Waals surface area contributed by atoms with E-state index in [1.54, 1.807) is 0 Å². The molecule has 1 unspecified atom stereocenters. The van der Waals surface area contributed by atoms with E-state index < -0.39 is 0 Å². The summed E-state index contributed by atoms with van der Waals surface area (Å²) in [5.41, 5.74) is 0. The van der Waals surface area contributed by atoms with Gasteiger partial charge in [0, 0.05) is 19.5 Å². The van der Waals surface area contributed by atoms with Crippen molar-refractivity contribution < 1.29 is 13.9 Å². The van der Waals surface area contributed by atoms with Crippen LogP contribution in [-0.2, 0) is 22.5 Å². The summed E-state index contributed by atoms with van der Waals surface area (Å²) in [4.78, 5) is 0. The zero-order chi connectivity index (χ0) is 11.2. The fraction of sp³-hybridized carbons (Fsp3) is 0.800. The highest BCUT2D eigenvalue weighted by molar-refractivity contribution is 4.79. The number of nitrogens with one attached hydrogen (secondary N) is 1. The number of hydrogen-bond donors (Lipinski definition) is 1. The normalized spacial score (nSPS) is 21.2. The number of ether oxygens (including phenoxy) is 2. The summed E-state index contributed by atoms with van der Waals surface area (Å²) < 4.78 is 16.3. The predicted octanol–water partition coefficient (Wildman–Crippen LogP) is 0.137. The molecule has 0 aliphatic carbocycles. The number of rotatable bonds is 5. The summed E-state index contributed by atoms with van der Waals surface area (Å²) in [5, 5.41) is 11.0. The lowest BCUT2D eigenvalue weighted by Gasteiger charge is -2.22. The van der Waals surface area contributed by atoms with E-state index in [2.05, 4.69) is 15.5 Å². The standard InChI is InChI=1S/C10H17N3O3/c1-2-9-12-13-10(16-9)7-14-6-8-5-11-3-4-15-8/h8,11H,2-7H2,1H3. The molecule has 1 aromatic heterocycles. The van der Waals surface area contributed by atoms with Gasteiger partial charge in [-0.05, 0) is 0 Å². The van der Waals surface area contributed by atoms with E-state index in [1.807, 2.05) is 6.92 Å². The average molecular weight is 227 g/mol. The maximum absolute atomic E-state index is 5.49. The smallest absolute Gasteiger partial charge is 0.242 e. The molecule has 1 aliphatic rings. The van der Waals surface area contributed by atoms with Crippen LogP contribution in [0.5, 0.6) is 0 Å². The molecule has 2 rings (SSSR count). The highest BCUT2D eigenvalue weighted by atomic mass is 16.5. The van der Waals surface area contributed by atoms with Gasteiger partial charge in [0.15, 0.2) is 0 Å². The third kappa shape index (κ3) is 3.26. The van der Waals surface area contributed by atoms with Gasteiger partial charge in [0.2, 0.25) is 11.8 Å². The van der Waals surface area contributed by atoms with Gasteiger partial charge in [-0.25, -0.2) is 0 Å². The van der Waals surface area contributed by atoms with Crippen molar-refractivity contribution in [1.29, 1.82) is 0 Å². The van der Waals surface area contributed by atoms with Crippen molar-refractivity contribution >= 4 is 0 Å². The Bertz CT molecular complexity index is 310. The summed E-state index contributed by atoms with van der Waals surface area (Å²) in [6.07, 6.45) is 0.880. The minimum atomic E-state index is 0.127. The molecule has 1 saturated heterocycles. The van der Waals surface area contributed by atoms with E-state index in [0.717, 1.165) is 26.1 Å². The number of morpholine rings is 1. The zero-order valence-electron chi connectivity index (χ0n) is 9.44. The first-order valence-corrected chi connectivity index (χ1v) is 5.60. The van der Waals surface area contributed by atoms with Gasteiger partial charge in [-0.2, -0.15) is 0 Å². The lowest BCUT2D eigenvalue weighted by molar-refractivity contribution is -0.0393. The van der Waals surface area contributed by atoms with Crippen LogP contribution in [0.3, 0.4) is 0 Å². The summed E-state index contributed by atoms with van der Waals surface area (Å²) in [6.45, 7) is 5.38. The minimum absolute atomic E-state index is 0.127. The van der Waals surface area contributed by atoms with Gasteiger partial charge in [-0.1, -0.05) is 6.92 Å². The summed E-state index contributed by atoms with van der Waals surface area (Å²) in [5.74, 6) is 1.18. The Morgan fingerprint density at radius 3 is 3.00 bits per heavy atom. The van der Waals surface area contributed by atoms with Crippen LogP contribution < -0.4 is 5.32 Å². The Labute approximate surface area is 94.3 Å². The molecule has 6 nitrogen and oxygen atoms in total. The van der Waals surface area contributed by atoms with Crippen molar-refractivity contribution in [2.45, 2.75) is 26.1 Å². The molecule has 90 valence electrons. The highest BCUT2D eigenvalue weighted by Crippen LogP contribution is 2.03. The topological polar surface area (TPSA) is 69.4 Å². The molecule has 1 fully saturated rings. The van der Waals surface area contributed by atoms with Crippen LogP contribution in [-0.4, -0.2) is 42.6 Å². The molecule has 0 spiro atoms. The fourth-order valence-corrected chi connectivity index (χ4v) is 1.49. The van der Waals surface area contributed by atoms with Crippen LogP contribution in [0.15, 0.2) is 4.42 Å². The molecule has 0 amide bonds. The monoisotopic (exact) mass is 227 g/mol. The van der Waals surface area contributed by atoms with Gasteiger partial charge in [0.1, 0.15) is 6.61 Å². The quantitative estimate of drug-likeness (QED) is 0.771. The molecule has 2 heterocycles. The first-order valence-electron chi connectivity index (χ1n) is 5.60. The molecular formula is C10H17N3O3. The van der Waals surface area contributed by atoms with Crippen LogP contribution in [0.1, 0.15) is 18.7 Å². The Kier molecular flexibility index (Phi) is 4.26. The van der Waals surface area contributed by atoms with Crippen LogP contribution in [0.4, 0.5) is 0 Å². The van der Waals surface area contributed by atoms with Crippen molar-refractivity contribution in [3.63, 3.8) is 0 Å². The van der Waals surface area contributed by atoms with E-state index in [0.29, 0.717) is 25.0 Å². The average Bonchev–Trinajstić information content (AvgIpc) is 2.78. The molecule has 0 aromatic carbocycles. The van der Waals surface area contributed by atoms with Crippen molar-refractivity contribution in [2.24, 2.45) is 0 Å². The van der Waals surface area contributed by atoms with Gasteiger partial charge in [0.25, 0.3) is 0 Å². The largest absolute Gasteiger partial charge is 0.423 e. The first-order chi connectivity index (χ1) is 7.88. The van der Waals surface area contributed by atoms with Crippen LogP contribution >= 0.6 is 0 Å². The van der Waals surface area contributed by atoms with Gasteiger partial charge in [0.05, 0.1) is 19.3 Å². The van der Waals surface area contributed by atoms with E-state index in [9.17, 15) is 0 Å². The molecule has 1 aromatic rings. The zero-order valence-corrected chi connectivity index (χ0v) is 9.44.